The number of nitrogens with zero attached hydrogens (tertiary/aromatic N) is 2. The van der Waals surface area contributed by atoms with Gasteiger partial charge in [-0.25, -0.2) is 0 Å². The fourth-order valence-corrected chi connectivity index (χ4v) is 2.86. The first-order chi connectivity index (χ1) is 12.8. The lowest BCUT2D eigenvalue weighted by atomic mass is 10.0. The first-order valence-electron chi connectivity index (χ1n) is 9.52. The normalized spacial score (nSPS) is 12.1. The van der Waals surface area contributed by atoms with E-state index >= 15 is 0 Å². The van der Waals surface area contributed by atoms with Crippen LogP contribution in [-0.4, -0.2) is 62.6 Å². The molecule has 0 spiro atoms. The SMILES string of the molecule is CCOC(=O)CCN(CC(c1ccc(OC)cc1)N(C)C)C(=O)CC(C)C. The molecule has 27 heavy (non-hydrogen) atoms. The maximum absolute atomic E-state index is 12.7. The molecule has 0 heterocycles. The molecule has 0 aliphatic heterocycles. The minimum atomic E-state index is -0.273. The second kappa shape index (κ2) is 11.6. The summed E-state index contributed by atoms with van der Waals surface area (Å²) in [5.41, 5.74) is 1.10. The Balaban J connectivity index is 2.95. The van der Waals surface area contributed by atoms with Crippen LogP contribution in [0, 0.1) is 5.92 Å². The predicted octanol–water partition coefficient (Wildman–Crippen LogP) is 3.13. The highest BCUT2D eigenvalue weighted by atomic mass is 16.5. The van der Waals surface area contributed by atoms with Gasteiger partial charge in [0.05, 0.1) is 26.2 Å². The number of benzene rings is 1. The van der Waals surface area contributed by atoms with Crippen LogP contribution in [0.2, 0.25) is 0 Å². The zero-order valence-corrected chi connectivity index (χ0v) is 17.5. The zero-order valence-electron chi connectivity index (χ0n) is 17.5. The van der Waals surface area contributed by atoms with Gasteiger partial charge in [0, 0.05) is 19.5 Å². The van der Waals surface area contributed by atoms with Gasteiger partial charge in [0.15, 0.2) is 0 Å². The van der Waals surface area contributed by atoms with Crippen molar-refractivity contribution in [3.8, 4) is 5.75 Å². The lowest BCUT2D eigenvalue weighted by Crippen LogP contribution is -2.40. The molecule has 152 valence electrons. The van der Waals surface area contributed by atoms with Crippen LogP contribution in [0.15, 0.2) is 24.3 Å². The summed E-state index contributed by atoms with van der Waals surface area (Å²) in [6.07, 6.45) is 0.673. The van der Waals surface area contributed by atoms with Gasteiger partial charge in [0.25, 0.3) is 0 Å². The Morgan fingerprint density at radius 2 is 1.74 bits per heavy atom. The summed E-state index contributed by atoms with van der Waals surface area (Å²) in [6.45, 7) is 7.06. The number of esters is 1. The minimum absolute atomic E-state index is 0.0224. The number of rotatable bonds is 11. The number of likely N-dealkylation sites (N-methyl/N-ethyl adjacent to an activating group) is 1. The average molecular weight is 379 g/mol. The fourth-order valence-electron chi connectivity index (χ4n) is 2.86. The van der Waals surface area contributed by atoms with Crippen molar-refractivity contribution in [1.29, 1.82) is 0 Å². The molecule has 1 aromatic carbocycles. The van der Waals surface area contributed by atoms with Gasteiger partial charge in [0.2, 0.25) is 5.91 Å². The number of hydrogen-bond donors (Lipinski definition) is 0. The van der Waals surface area contributed by atoms with Crippen molar-refractivity contribution in [2.24, 2.45) is 5.92 Å². The monoisotopic (exact) mass is 378 g/mol. The molecule has 0 saturated heterocycles. The van der Waals surface area contributed by atoms with Gasteiger partial charge in [-0.15, -0.1) is 0 Å². The van der Waals surface area contributed by atoms with E-state index in [1.165, 1.54) is 0 Å². The van der Waals surface area contributed by atoms with Crippen molar-refractivity contribution in [2.45, 2.75) is 39.7 Å². The smallest absolute Gasteiger partial charge is 0.307 e. The van der Waals surface area contributed by atoms with Gasteiger partial charge in [0.1, 0.15) is 5.75 Å². The molecule has 0 aromatic heterocycles. The number of amides is 1. The van der Waals surface area contributed by atoms with Crippen molar-refractivity contribution in [1.82, 2.24) is 9.80 Å². The van der Waals surface area contributed by atoms with Gasteiger partial charge in [-0.05, 0) is 44.6 Å². The molecule has 0 aliphatic rings. The summed E-state index contributed by atoms with van der Waals surface area (Å²) in [7, 11) is 5.62. The number of ether oxygens (including phenoxy) is 2. The highest BCUT2D eigenvalue weighted by Crippen LogP contribution is 2.23. The second-order valence-electron chi connectivity index (χ2n) is 7.25. The maximum Gasteiger partial charge on any atom is 0.307 e. The molecule has 0 radical (unpaired) electrons. The minimum Gasteiger partial charge on any atom is -0.497 e. The molecule has 1 amide bonds. The van der Waals surface area contributed by atoms with Crippen LogP contribution in [-0.2, 0) is 14.3 Å². The van der Waals surface area contributed by atoms with E-state index < -0.39 is 0 Å². The first kappa shape index (κ1) is 23.0. The Hall–Kier alpha value is -2.08. The number of methoxy groups -OCH3 is 1. The third-order valence-electron chi connectivity index (χ3n) is 4.34. The van der Waals surface area contributed by atoms with E-state index in [1.807, 2.05) is 52.2 Å². The van der Waals surface area contributed by atoms with E-state index in [2.05, 4.69) is 4.90 Å². The maximum atomic E-state index is 12.7. The lowest BCUT2D eigenvalue weighted by molar-refractivity contribution is -0.144. The summed E-state index contributed by atoms with van der Waals surface area (Å²) in [6, 6.07) is 7.89. The van der Waals surface area contributed by atoms with Gasteiger partial charge < -0.3 is 19.3 Å². The van der Waals surface area contributed by atoms with Crippen LogP contribution in [0.5, 0.6) is 5.75 Å². The van der Waals surface area contributed by atoms with E-state index in [0.717, 1.165) is 11.3 Å². The van der Waals surface area contributed by atoms with Crippen LogP contribution in [0.4, 0.5) is 0 Å². The quantitative estimate of drug-likeness (QED) is 0.554. The second-order valence-corrected chi connectivity index (χ2v) is 7.25. The number of hydrogen-bond acceptors (Lipinski definition) is 5. The largest absolute Gasteiger partial charge is 0.497 e. The Bertz CT molecular complexity index is 584. The first-order valence-corrected chi connectivity index (χ1v) is 9.52. The van der Waals surface area contributed by atoms with Crippen LogP contribution in [0.1, 0.15) is 45.2 Å². The van der Waals surface area contributed by atoms with Gasteiger partial charge >= 0.3 is 5.97 Å². The molecule has 0 N–H and O–H groups in total. The summed E-state index contributed by atoms with van der Waals surface area (Å²) in [5.74, 6) is 0.855. The molecule has 0 aliphatic carbocycles. The van der Waals surface area contributed by atoms with E-state index in [9.17, 15) is 9.59 Å². The van der Waals surface area contributed by atoms with Gasteiger partial charge in [-0.2, -0.15) is 0 Å². The third-order valence-corrected chi connectivity index (χ3v) is 4.34. The molecule has 1 rings (SSSR count). The standard InChI is InChI=1S/C21H34N2O4/c1-7-27-21(25)12-13-23(20(24)14-16(2)3)15-19(22(4)5)17-8-10-18(26-6)11-9-17/h8-11,16,19H,7,12-15H2,1-6H3. The predicted molar refractivity (Wildman–Crippen MR) is 107 cm³/mol. The Labute approximate surface area is 163 Å². The summed E-state index contributed by atoms with van der Waals surface area (Å²) in [5, 5.41) is 0. The van der Waals surface area contributed by atoms with Crippen LogP contribution in [0.3, 0.4) is 0 Å². The highest BCUT2D eigenvalue weighted by molar-refractivity contribution is 5.77. The Kier molecular flexibility index (Phi) is 9.86. The molecule has 6 nitrogen and oxygen atoms in total. The topological polar surface area (TPSA) is 59.1 Å². The van der Waals surface area contributed by atoms with Crippen molar-refractivity contribution in [2.75, 3.05) is 40.9 Å². The molecule has 1 atom stereocenters. The van der Waals surface area contributed by atoms with Crippen LogP contribution in [0.25, 0.3) is 0 Å². The van der Waals surface area contributed by atoms with E-state index in [4.69, 9.17) is 9.47 Å². The molecule has 6 heteroatoms. The molecular formula is C21H34N2O4. The average Bonchev–Trinajstić information content (AvgIpc) is 2.61. The van der Waals surface area contributed by atoms with Crippen molar-refractivity contribution in [3.63, 3.8) is 0 Å². The Morgan fingerprint density at radius 1 is 1.11 bits per heavy atom. The van der Waals surface area contributed by atoms with Crippen molar-refractivity contribution >= 4 is 11.9 Å². The zero-order chi connectivity index (χ0) is 20.4. The third kappa shape index (κ3) is 7.99. The fraction of sp³-hybridized carbons (Fsp3) is 0.619. The molecule has 1 aromatic rings. The Morgan fingerprint density at radius 3 is 2.22 bits per heavy atom. The molecule has 0 fully saturated rings. The summed E-state index contributed by atoms with van der Waals surface area (Å²) in [4.78, 5) is 28.4. The van der Waals surface area contributed by atoms with Crippen LogP contribution >= 0.6 is 0 Å². The van der Waals surface area contributed by atoms with Crippen molar-refractivity contribution < 1.29 is 19.1 Å². The lowest BCUT2D eigenvalue weighted by Gasteiger charge is -2.32. The van der Waals surface area contributed by atoms with Crippen LogP contribution < -0.4 is 4.74 Å². The number of carbonyl (C=O) groups excluding carboxylic acids is 2. The molecule has 1 unspecified atom stereocenters. The summed E-state index contributed by atoms with van der Waals surface area (Å²) >= 11 is 0. The number of carbonyl (C=O) groups is 2. The van der Waals surface area contributed by atoms with Gasteiger partial charge in [-0.1, -0.05) is 26.0 Å². The van der Waals surface area contributed by atoms with E-state index in [-0.39, 0.29) is 30.3 Å². The van der Waals surface area contributed by atoms with Crippen molar-refractivity contribution in [3.05, 3.63) is 29.8 Å². The van der Waals surface area contributed by atoms with E-state index in [1.54, 1.807) is 18.9 Å². The van der Waals surface area contributed by atoms with Gasteiger partial charge in [-0.3, -0.25) is 9.59 Å². The highest BCUT2D eigenvalue weighted by Gasteiger charge is 2.23. The molecular weight excluding hydrogens is 344 g/mol. The van der Waals surface area contributed by atoms with E-state index in [0.29, 0.717) is 26.1 Å². The molecule has 0 bridgehead atoms. The summed E-state index contributed by atoms with van der Waals surface area (Å²) < 4.78 is 10.2. The molecule has 0 saturated carbocycles.